The van der Waals surface area contributed by atoms with Gasteiger partial charge in [-0.1, -0.05) is 6.58 Å². The minimum Gasteiger partial charge on any atom is -0.493 e. The highest BCUT2D eigenvalue weighted by Gasteiger charge is 2.10. The van der Waals surface area contributed by atoms with Crippen LogP contribution in [0.1, 0.15) is 27.1 Å². The molecule has 0 aliphatic heterocycles. The Morgan fingerprint density at radius 3 is 2.07 bits per heavy atom. The number of esters is 2. The summed E-state index contributed by atoms with van der Waals surface area (Å²) in [4.78, 5) is 33.8. The van der Waals surface area contributed by atoms with Gasteiger partial charge in [0.15, 0.2) is 0 Å². The summed E-state index contributed by atoms with van der Waals surface area (Å²) in [6, 6.07) is 11.9. The van der Waals surface area contributed by atoms with Crippen molar-refractivity contribution in [2.45, 2.75) is 6.42 Å². The molecular formula is C20H18O7. The van der Waals surface area contributed by atoms with Crippen LogP contribution in [0.15, 0.2) is 61.2 Å². The zero-order valence-electron chi connectivity index (χ0n) is 14.4. The van der Waals surface area contributed by atoms with Gasteiger partial charge in [0.25, 0.3) is 0 Å². The molecule has 0 aliphatic rings. The predicted octanol–water partition coefficient (Wildman–Crippen LogP) is 3.10. The van der Waals surface area contributed by atoms with Gasteiger partial charge >= 0.3 is 17.9 Å². The van der Waals surface area contributed by atoms with Gasteiger partial charge in [0.2, 0.25) is 0 Å². The monoisotopic (exact) mass is 370 g/mol. The lowest BCUT2D eigenvalue weighted by Gasteiger charge is -2.08. The number of carboxylic acid groups (broad SMARTS) is 1. The number of aromatic carboxylic acids is 1. The Hall–Kier alpha value is -3.61. The van der Waals surface area contributed by atoms with Crippen LogP contribution in [0.25, 0.3) is 0 Å². The van der Waals surface area contributed by atoms with Crippen molar-refractivity contribution in [3.05, 3.63) is 72.3 Å². The van der Waals surface area contributed by atoms with E-state index in [1.54, 1.807) is 24.3 Å². The van der Waals surface area contributed by atoms with E-state index in [0.717, 1.165) is 6.08 Å². The van der Waals surface area contributed by atoms with E-state index in [1.807, 2.05) is 0 Å². The van der Waals surface area contributed by atoms with Gasteiger partial charge in [0, 0.05) is 12.5 Å². The number of hydrogen-bond acceptors (Lipinski definition) is 6. The average molecular weight is 370 g/mol. The first-order valence-electron chi connectivity index (χ1n) is 8.07. The molecule has 0 atom stereocenters. The lowest BCUT2D eigenvalue weighted by atomic mass is 10.2. The third-order valence-electron chi connectivity index (χ3n) is 3.37. The second kappa shape index (κ2) is 9.76. The molecule has 0 aliphatic carbocycles. The van der Waals surface area contributed by atoms with Crippen LogP contribution < -0.4 is 9.47 Å². The predicted molar refractivity (Wildman–Crippen MR) is 96.1 cm³/mol. The first-order chi connectivity index (χ1) is 13.0. The molecule has 2 rings (SSSR count). The van der Waals surface area contributed by atoms with Crippen LogP contribution in [0.4, 0.5) is 0 Å². The number of benzene rings is 2. The molecule has 0 radical (unpaired) electrons. The first-order valence-corrected chi connectivity index (χ1v) is 8.07. The summed E-state index contributed by atoms with van der Waals surface area (Å²) in [6.45, 7) is 3.88. The lowest BCUT2D eigenvalue weighted by Crippen LogP contribution is -2.09. The molecular weight excluding hydrogens is 352 g/mol. The number of hydrogen-bond donors (Lipinski definition) is 1. The molecule has 0 unspecified atom stereocenters. The quantitative estimate of drug-likeness (QED) is 0.313. The van der Waals surface area contributed by atoms with Crippen molar-refractivity contribution in [2.75, 3.05) is 13.2 Å². The number of ether oxygens (including phenoxy) is 3. The Morgan fingerprint density at radius 1 is 0.889 bits per heavy atom. The summed E-state index contributed by atoms with van der Waals surface area (Å²) in [5.41, 5.74) is 0.431. The zero-order chi connectivity index (χ0) is 19.6. The standard InChI is InChI=1S/C20H18O7/c1-2-18(21)26-13-3-12-25-16-8-6-15(7-9-16)20(24)27-17-10-4-14(5-11-17)19(22)23/h2,4-11H,1,3,12-13H2,(H,22,23). The molecule has 2 aromatic carbocycles. The van der Waals surface area contributed by atoms with Crippen LogP contribution in [0.5, 0.6) is 11.5 Å². The van der Waals surface area contributed by atoms with Gasteiger partial charge in [0.05, 0.1) is 24.3 Å². The Morgan fingerprint density at radius 2 is 1.48 bits per heavy atom. The number of carboxylic acids is 1. The number of carbonyl (C=O) groups excluding carboxylic acids is 2. The first kappa shape index (κ1) is 19.7. The summed E-state index contributed by atoms with van der Waals surface area (Å²) in [6.07, 6.45) is 1.62. The van der Waals surface area contributed by atoms with E-state index in [9.17, 15) is 14.4 Å². The third kappa shape index (κ3) is 6.32. The van der Waals surface area contributed by atoms with Gasteiger partial charge in [-0.15, -0.1) is 0 Å². The number of carbonyl (C=O) groups is 3. The van der Waals surface area contributed by atoms with E-state index in [2.05, 4.69) is 6.58 Å². The molecule has 0 bridgehead atoms. The topological polar surface area (TPSA) is 99.1 Å². The van der Waals surface area contributed by atoms with Crippen molar-refractivity contribution in [2.24, 2.45) is 0 Å². The van der Waals surface area contributed by atoms with Crippen LogP contribution in [-0.2, 0) is 9.53 Å². The second-order valence-corrected chi connectivity index (χ2v) is 5.32. The van der Waals surface area contributed by atoms with Crippen molar-refractivity contribution >= 4 is 17.9 Å². The van der Waals surface area contributed by atoms with Crippen molar-refractivity contribution in [1.82, 2.24) is 0 Å². The van der Waals surface area contributed by atoms with Crippen molar-refractivity contribution in [3.8, 4) is 11.5 Å². The van der Waals surface area contributed by atoms with Gasteiger partial charge < -0.3 is 19.3 Å². The Balaban J connectivity index is 1.81. The third-order valence-corrected chi connectivity index (χ3v) is 3.37. The molecule has 0 spiro atoms. The zero-order valence-corrected chi connectivity index (χ0v) is 14.4. The normalized spacial score (nSPS) is 9.93. The lowest BCUT2D eigenvalue weighted by molar-refractivity contribution is -0.137. The van der Waals surface area contributed by atoms with E-state index < -0.39 is 17.9 Å². The maximum Gasteiger partial charge on any atom is 0.343 e. The van der Waals surface area contributed by atoms with Crippen LogP contribution in [-0.4, -0.2) is 36.2 Å². The van der Waals surface area contributed by atoms with E-state index in [4.69, 9.17) is 19.3 Å². The molecule has 1 N–H and O–H groups in total. The molecule has 7 nitrogen and oxygen atoms in total. The van der Waals surface area contributed by atoms with Gasteiger partial charge in [-0.25, -0.2) is 14.4 Å². The maximum atomic E-state index is 12.1. The molecule has 0 saturated carbocycles. The summed E-state index contributed by atoms with van der Waals surface area (Å²) in [5, 5.41) is 8.84. The fourth-order valence-electron chi connectivity index (χ4n) is 2.00. The minimum atomic E-state index is -1.05. The summed E-state index contributed by atoms with van der Waals surface area (Å²) in [5.74, 6) is -1.29. The molecule has 140 valence electrons. The Bertz CT molecular complexity index is 807. The average Bonchev–Trinajstić information content (AvgIpc) is 2.68. The molecule has 0 fully saturated rings. The molecule has 0 aromatic heterocycles. The number of rotatable bonds is 9. The maximum absolute atomic E-state index is 12.1. The Kier molecular flexibility index (Phi) is 7.13. The fourth-order valence-corrected chi connectivity index (χ4v) is 2.00. The van der Waals surface area contributed by atoms with Crippen molar-refractivity contribution in [1.29, 1.82) is 0 Å². The highest BCUT2D eigenvalue weighted by molar-refractivity contribution is 5.91. The van der Waals surface area contributed by atoms with E-state index in [-0.39, 0.29) is 17.9 Å². The molecule has 7 heteroatoms. The van der Waals surface area contributed by atoms with Gasteiger partial charge in [-0.3, -0.25) is 0 Å². The van der Waals surface area contributed by atoms with Gasteiger partial charge in [-0.2, -0.15) is 0 Å². The van der Waals surface area contributed by atoms with Gasteiger partial charge in [0.1, 0.15) is 11.5 Å². The van der Waals surface area contributed by atoms with Crippen molar-refractivity contribution < 1.29 is 33.7 Å². The molecule has 0 amide bonds. The molecule has 0 heterocycles. The van der Waals surface area contributed by atoms with E-state index in [1.165, 1.54) is 24.3 Å². The fraction of sp³-hybridized carbons (Fsp3) is 0.150. The summed E-state index contributed by atoms with van der Waals surface area (Å²) < 4.78 is 15.5. The highest BCUT2D eigenvalue weighted by Crippen LogP contribution is 2.17. The van der Waals surface area contributed by atoms with Crippen LogP contribution >= 0.6 is 0 Å². The van der Waals surface area contributed by atoms with Crippen molar-refractivity contribution in [3.63, 3.8) is 0 Å². The smallest absolute Gasteiger partial charge is 0.343 e. The van der Waals surface area contributed by atoms with E-state index in [0.29, 0.717) is 24.3 Å². The largest absolute Gasteiger partial charge is 0.493 e. The molecule has 2 aromatic rings. The summed E-state index contributed by atoms with van der Waals surface area (Å²) in [7, 11) is 0. The highest BCUT2D eigenvalue weighted by atomic mass is 16.5. The second-order valence-electron chi connectivity index (χ2n) is 5.32. The van der Waals surface area contributed by atoms with Crippen LogP contribution in [0.2, 0.25) is 0 Å². The van der Waals surface area contributed by atoms with Crippen LogP contribution in [0.3, 0.4) is 0 Å². The molecule has 0 saturated heterocycles. The van der Waals surface area contributed by atoms with Crippen LogP contribution in [0, 0.1) is 0 Å². The van der Waals surface area contributed by atoms with E-state index >= 15 is 0 Å². The molecule has 27 heavy (non-hydrogen) atoms. The van der Waals surface area contributed by atoms with Gasteiger partial charge in [-0.05, 0) is 48.5 Å². The SMILES string of the molecule is C=CC(=O)OCCCOc1ccc(C(=O)Oc2ccc(C(=O)O)cc2)cc1. The minimum absolute atomic E-state index is 0.107. The summed E-state index contributed by atoms with van der Waals surface area (Å²) >= 11 is 0. The Labute approximate surface area is 155 Å².